The Bertz CT molecular complexity index is 224. The maximum atomic E-state index is 5.40. The van der Waals surface area contributed by atoms with Crippen LogP contribution in [0.5, 0.6) is 0 Å². The third-order valence-electron chi connectivity index (χ3n) is 1.26. The number of nitrogens with zero attached hydrogens (tertiary/aromatic N) is 1. The summed E-state index contributed by atoms with van der Waals surface area (Å²) in [4.78, 5) is 4.18. The molecule has 0 saturated heterocycles. The fourth-order valence-electron chi connectivity index (χ4n) is 0.701. The molecular weight excluding hydrogens is 142 g/mol. The molecule has 2 nitrogen and oxygen atoms in total. The summed E-state index contributed by atoms with van der Waals surface area (Å²) in [7, 11) is -1.29. The molecule has 0 N–H and O–H groups in total. The summed E-state index contributed by atoms with van der Waals surface area (Å²) >= 11 is 0. The fraction of sp³-hybridized carbons (Fsp3) is 0.571. The van der Waals surface area contributed by atoms with Gasteiger partial charge in [0.2, 0.25) is 0 Å². The molecule has 0 radical (unpaired) electrons. The first kappa shape index (κ1) is 7.53. The molecule has 1 heterocycles. The molecule has 0 amide bonds. The van der Waals surface area contributed by atoms with Crippen LogP contribution in [0.15, 0.2) is 10.6 Å². The Morgan fingerprint density at radius 2 is 2.00 bits per heavy atom. The van der Waals surface area contributed by atoms with Crippen molar-refractivity contribution in [2.24, 2.45) is 0 Å². The van der Waals surface area contributed by atoms with Crippen molar-refractivity contribution in [3.8, 4) is 0 Å². The largest absolute Gasteiger partial charge is 0.451 e. The van der Waals surface area contributed by atoms with Crippen molar-refractivity contribution in [2.75, 3.05) is 0 Å². The van der Waals surface area contributed by atoms with E-state index in [4.69, 9.17) is 4.42 Å². The second-order valence-corrected chi connectivity index (χ2v) is 8.45. The Hall–Kier alpha value is -0.573. The summed E-state index contributed by atoms with van der Waals surface area (Å²) in [6.45, 7) is 8.59. The molecule has 0 atom stereocenters. The van der Waals surface area contributed by atoms with Gasteiger partial charge in [-0.05, 0) is 6.92 Å². The third kappa shape index (κ3) is 1.47. The van der Waals surface area contributed by atoms with Crippen molar-refractivity contribution >= 4 is 13.6 Å². The van der Waals surface area contributed by atoms with Crippen LogP contribution in [0.1, 0.15) is 5.76 Å². The molecule has 1 aromatic rings. The lowest BCUT2D eigenvalue weighted by atomic mass is 10.6. The van der Waals surface area contributed by atoms with E-state index in [0.29, 0.717) is 0 Å². The lowest BCUT2D eigenvalue weighted by molar-refractivity contribution is 0.557. The van der Waals surface area contributed by atoms with Crippen LogP contribution in [0.25, 0.3) is 0 Å². The highest BCUT2D eigenvalue weighted by Gasteiger charge is 2.21. The topological polar surface area (TPSA) is 26.0 Å². The van der Waals surface area contributed by atoms with Crippen molar-refractivity contribution in [1.82, 2.24) is 4.98 Å². The van der Waals surface area contributed by atoms with E-state index < -0.39 is 8.07 Å². The molecule has 0 spiro atoms. The van der Waals surface area contributed by atoms with E-state index in [-0.39, 0.29) is 0 Å². The number of rotatable bonds is 1. The number of hydrogen-bond acceptors (Lipinski definition) is 2. The Morgan fingerprint density at radius 1 is 1.40 bits per heavy atom. The summed E-state index contributed by atoms with van der Waals surface area (Å²) in [5, 5.41) is 0. The van der Waals surface area contributed by atoms with Crippen LogP contribution in [-0.4, -0.2) is 13.1 Å². The summed E-state index contributed by atoms with van der Waals surface area (Å²) in [6, 6.07) is 0. The van der Waals surface area contributed by atoms with Gasteiger partial charge >= 0.3 is 0 Å². The van der Waals surface area contributed by atoms with E-state index in [1.807, 2.05) is 6.92 Å². The lowest BCUT2D eigenvalue weighted by Gasteiger charge is -2.08. The van der Waals surface area contributed by atoms with Crippen LogP contribution in [0, 0.1) is 6.92 Å². The molecule has 0 unspecified atom stereocenters. The minimum absolute atomic E-state index is 0.914. The minimum atomic E-state index is -1.29. The van der Waals surface area contributed by atoms with Crippen LogP contribution in [0.3, 0.4) is 0 Å². The van der Waals surface area contributed by atoms with Crippen LogP contribution in [0.4, 0.5) is 0 Å². The molecule has 56 valence electrons. The number of oxazole rings is 1. The van der Waals surface area contributed by atoms with Crippen molar-refractivity contribution in [2.45, 2.75) is 26.6 Å². The second-order valence-electron chi connectivity index (χ2n) is 3.53. The van der Waals surface area contributed by atoms with E-state index >= 15 is 0 Å². The average molecular weight is 155 g/mol. The lowest BCUT2D eigenvalue weighted by Crippen LogP contribution is -2.38. The van der Waals surface area contributed by atoms with Crippen molar-refractivity contribution in [3.05, 3.63) is 12.0 Å². The Labute approximate surface area is 62.3 Å². The monoisotopic (exact) mass is 155 g/mol. The molecular formula is C7H13NOSi. The van der Waals surface area contributed by atoms with Gasteiger partial charge in [0.25, 0.3) is 0 Å². The zero-order chi connectivity index (χ0) is 7.78. The van der Waals surface area contributed by atoms with E-state index in [0.717, 1.165) is 11.3 Å². The van der Waals surface area contributed by atoms with E-state index in [9.17, 15) is 0 Å². The zero-order valence-corrected chi connectivity index (χ0v) is 7.93. The molecule has 0 aliphatic carbocycles. The van der Waals surface area contributed by atoms with Crippen LogP contribution < -0.4 is 5.51 Å². The number of aryl methyl sites for hydroxylation is 1. The maximum absolute atomic E-state index is 5.40. The first-order chi connectivity index (χ1) is 4.50. The predicted octanol–water partition coefficient (Wildman–Crippen LogP) is 1.53. The maximum Gasteiger partial charge on any atom is 0.165 e. The number of aromatic nitrogens is 1. The van der Waals surface area contributed by atoms with E-state index in [2.05, 4.69) is 24.6 Å². The second kappa shape index (κ2) is 2.23. The summed E-state index contributed by atoms with van der Waals surface area (Å²) in [5.41, 5.74) is 0.949. The van der Waals surface area contributed by atoms with E-state index in [1.54, 1.807) is 6.20 Å². The Morgan fingerprint density at radius 3 is 2.20 bits per heavy atom. The van der Waals surface area contributed by atoms with Crippen molar-refractivity contribution in [3.63, 3.8) is 0 Å². The van der Waals surface area contributed by atoms with Gasteiger partial charge in [-0.3, -0.25) is 0 Å². The first-order valence-corrected chi connectivity index (χ1v) is 6.93. The van der Waals surface area contributed by atoms with Gasteiger partial charge in [0, 0.05) is 0 Å². The smallest absolute Gasteiger partial charge is 0.165 e. The van der Waals surface area contributed by atoms with Gasteiger partial charge in [-0.2, -0.15) is 0 Å². The summed E-state index contributed by atoms with van der Waals surface area (Å²) in [6.07, 6.45) is 1.79. The highest BCUT2D eigenvalue weighted by Crippen LogP contribution is 2.01. The normalized spacial score (nSPS) is 12.0. The highest BCUT2D eigenvalue weighted by molar-refractivity contribution is 6.87. The summed E-state index contributed by atoms with van der Waals surface area (Å²) < 4.78 is 5.40. The molecule has 0 bridgehead atoms. The summed E-state index contributed by atoms with van der Waals surface area (Å²) in [5.74, 6) is 0.914. The molecule has 1 aromatic heterocycles. The first-order valence-electron chi connectivity index (χ1n) is 3.43. The molecule has 0 aliphatic rings. The van der Waals surface area contributed by atoms with Crippen LogP contribution in [0.2, 0.25) is 19.6 Å². The van der Waals surface area contributed by atoms with Crippen LogP contribution >= 0.6 is 0 Å². The molecule has 3 heteroatoms. The predicted molar refractivity (Wildman–Crippen MR) is 44.2 cm³/mol. The van der Waals surface area contributed by atoms with Crippen molar-refractivity contribution < 1.29 is 4.42 Å². The van der Waals surface area contributed by atoms with Gasteiger partial charge in [0.1, 0.15) is 13.8 Å². The quantitative estimate of drug-likeness (QED) is 0.575. The van der Waals surface area contributed by atoms with Gasteiger partial charge in [-0.15, -0.1) is 0 Å². The fourth-order valence-corrected chi connectivity index (χ4v) is 1.62. The molecule has 0 saturated carbocycles. The SMILES string of the molecule is Cc1cnc([Si](C)(C)C)o1. The minimum Gasteiger partial charge on any atom is -0.451 e. The van der Waals surface area contributed by atoms with E-state index in [1.165, 1.54) is 0 Å². The van der Waals surface area contributed by atoms with Crippen molar-refractivity contribution in [1.29, 1.82) is 0 Å². The third-order valence-corrected chi connectivity index (χ3v) is 2.78. The Balaban J connectivity index is 2.96. The number of hydrogen-bond donors (Lipinski definition) is 0. The zero-order valence-electron chi connectivity index (χ0n) is 6.93. The molecule has 0 fully saturated rings. The standard InChI is InChI=1S/C7H13NOSi/c1-6-5-8-7(9-6)10(2,3)4/h5H,1-4H3. The highest BCUT2D eigenvalue weighted by atomic mass is 28.3. The van der Waals surface area contributed by atoms with Gasteiger partial charge < -0.3 is 4.42 Å². The molecule has 1 rings (SSSR count). The van der Waals surface area contributed by atoms with Gasteiger partial charge in [0.05, 0.1) is 6.20 Å². The van der Waals surface area contributed by atoms with Gasteiger partial charge in [0.15, 0.2) is 5.51 Å². The average Bonchev–Trinajstić information content (AvgIpc) is 2.11. The van der Waals surface area contributed by atoms with Gasteiger partial charge in [-0.25, -0.2) is 4.98 Å². The van der Waals surface area contributed by atoms with Crippen LogP contribution in [-0.2, 0) is 0 Å². The van der Waals surface area contributed by atoms with Gasteiger partial charge in [-0.1, -0.05) is 19.6 Å². The molecule has 0 aromatic carbocycles. The molecule has 10 heavy (non-hydrogen) atoms. The molecule has 0 aliphatic heterocycles. The Kier molecular flexibility index (Phi) is 1.68.